The fraction of sp³-hybridized carbons (Fsp3) is 0.0833. The van der Waals surface area contributed by atoms with Crippen LogP contribution in [0.15, 0.2) is 46.5 Å². The lowest BCUT2D eigenvalue weighted by Gasteiger charge is -2.06. The zero-order valence-electron chi connectivity index (χ0n) is 9.12. The van der Waals surface area contributed by atoms with Crippen molar-refractivity contribution in [3.63, 3.8) is 0 Å². The van der Waals surface area contributed by atoms with Crippen LogP contribution in [0.4, 0.5) is 0 Å². The number of hydrogen-bond donors (Lipinski definition) is 0. The molecule has 1 aromatic heterocycles. The minimum Gasteiger partial charge on any atom is -0.496 e. The maximum absolute atomic E-state index is 8.96. The Balaban J connectivity index is 2.35. The van der Waals surface area contributed by atoms with E-state index in [1.807, 2.05) is 24.3 Å². The predicted molar refractivity (Wildman–Crippen MR) is 63.9 cm³/mol. The minimum atomic E-state index is 0.510. The molecule has 5 heteroatoms. The summed E-state index contributed by atoms with van der Waals surface area (Å²) in [5.74, 6) is 0.757. The zero-order valence-corrected chi connectivity index (χ0v) is 9.94. The number of para-hydroxylation sites is 1. The van der Waals surface area contributed by atoms with Crippen LogP contribution < -0.4 is 4.74 Å². The Morgan fingerprint density at radius 2 is 2.12 bits per heavy atom. The number of benzene rings is 1. The fourth-order valence-electron chi connectivity index (χ4n) is 1.29. The molecule has 1 aromatic carbocycles. The van der Waals surface area contributed by atoms with Crippen LogP contribution in [0.2, 0.25) is 0 Å². The van der Waals surface area contributed by atoms with Gasteiger partial charge in [0.15, 0.2) is 0 Å². The SMILES string of the molecule is COc1ccccc1Sc1nnccc1C#N. The van der Waals surface area contributed by atoms with Gasteiger partial charge >= 0.3 is 0 Å². The van der Waals surface area contributed by atoms with Gasteiger partial charge in [-0.3, -0.25) is 0 Å². The molecule has 2 aromatic rings. The van der Waals surface area contributed by atoms with Crippen LogP contribution >= 0.6 is 11.8 Å². The van der Waals surface area contributed by atoms with Crippen molar-refractivity contribution in [2.24, 2.45) is 0 Å². The molecule has 4 nitrogen and oxygen atoms in total. The Hall–Kier alpha value is -2.06. The third kappa shape index (κ3) is 2.55. The summed E-state index contributed by atoms with van der Waals surface area (Å²) in [6.45, 7) is 0. The number of nitrogens with zero attached hydrogens (tertiary/aromatic N) is 3. The van der Waals surface area contributed by atoms with Gasteiger partial charge in [-0.05, 0) is 18.2 Å². The summed E-state index contributed by atoms with van der Waals surface area (Å²) in [4.78, 5) is 0.909. The number of rotatable bonds is 3. The van der Waals surface area contributed by atoms with Crippen molar-refractivity contribution in [2.75, 3.05) is 7.11 Å². The highest BCUT2D eigenvalue weighted by Crippen LogP contribution is 2.34. The van der Waals surface area contributed by atoms with Gasteiger partial charge in [0.05, 0.1) is 23.8 Å². The van der Waals surface area contributed by atoms with Crippen LogP contribution in [0.25, 0.3) is 0 Å². The molecule has 0 atom stereocenters. The van der Waals surface area contributed by atoms with Gasteiger partial charge in [0.25, 0.3) is 0 Å². The molecule has 0 N–H and O–H groups in total. The van der Waals surface area contributed by atoms with Gasteiger partial charge in [-0.25, -0.2) is 0 Å². The van der Waals surface area contributed by atoms with Gasteiger partial charge in [-0.1, -0.05) is 23.9 Å². The summed E-state index contributed by atoms with van der Waals surface area (Å²) in [7, 11) is 1.61. The second-order valence-corrected chi connectivity index (χ2v) is 4.15. The van der Waals surface area contributed by atoms with Crippen molar-refractivity contribution >= 4 is 11.8 Å². The Kier molecular flexibility index (Phi) is 3.58. The van der Waals surface area contributed by atoms with E-state index in [9.17, 15) is 0 Å². The molecule has 0 bridgehead atoms. The third-order valence-electron chi connectivity index (χ3n) is 2.08. The van der Waals surface area contributed by atoms with Crippen molar-refractivity contribution in [1.82, 2.24) is 10.2 Å². The minimum absolute atomic E-state index is 0.510. The molecule has 0 radical (unpaired) electrons. The number of ether oxygens (including phenoxy) is 1. The van der Waals surface area contributed by atoms with E-state index >= 15 is 0 Å². The second kappa shape index (κ2) is 5.32. The molecule has 0 spiro atoms. The maximum atomic E-state index is 8.96. The van der Waals surface area contributed by atoms with Gasteiger partial charge in [0.1, 0.15) is 16.8 Å². The Morgan fingerprint density at radius 1 is 1.29 bits per heavy atom. The lowest BCUT2D eigenvalue weighted by atomic mass is 10.3. The highest BCUT2D eigenvalue weighted by molar-refractivity contribution is 7.99. The number of aromatic nitrogens is 2. The van der Waals surface area contributed by atoms with Gasteiger partial charge in [-0.15, -0.1) is 5.10 Å². The summed E-state index contributed by atoms with van der Waals surface area (Å²) in [5.41, 5.74) is 0.510. The van der Waals surface area contributed by atoms with E-state index in [4.69, 9.17) is 10.00 Å². The van der Waals surface area contributed by atoms with Crippen LogP contribution in [0, 0.1) is 11.3 Å². The molecule has 0 fully saturated rings. The summed E-state index contributed by atoms with van der Waals surface area (Å²) >= 11 is 1.37. The van der Waals surface area contributed by atoms with Gasteiger partial charge < -0.3 is 4.74 Å². The van der Waals surface area contributed by atoms with Crippen LogP contribution in [-0.2, 0) is 0 Å². The van der Waals surface area contributed by atoms with Crippen molar-refractivity contribution in [3.05, 3.63) is 42.1 Å². The van der Waals surface area contributed by atoms with E-state index in [-0.39, 0.29) is 0 Å². The van der Waals surface area contributed by atoms with Gasteiger partial charge in [0, 0.05) is 0 Å². The first kappa shape index (κ1) is 11.4. The topological polar surface area (TPSA) is 58.8 Å². The van der Waals surface area contributed by atoms with Crippen LogP contribution in [0.5, 0.6) is 5.75 Å². The van der Waals surface area contributed by atoms with E-state index in [1.165, 1.54) is 18.0 Å². The van der Waals surface area contributed by atoms with Crippen LogP contribution in [-0.4, -0.2) is 17.3 Å². The molecular formula is C12H9N3OS. The molecule has 2 rings (SSSR count). The fourth-order valence-corrected chi connectivity index (χ4v) is 2.21. The molecule has 1 heterocycles. The van der Waals surface area contributed by atoms with E-state index in [0.29, 0.717) is 10.6 Å². The molecule has 0 saturated heterocycles. The lowest BCUT2D eigenvalue weighted by Crippen LogP contribution is -1.91. The average molecular weight is 243 g/mol. The molecule has 0 aliphatic rings. The van der Waals surface area contributed by atoms with E-state index in [0.717, 1.165) is 10.6 Å². The van der Waals surface area contributed by atoms with Gasteiger partial charge in [-0.2, -0.15) is 10.4 Å². The van der Waals surface area contributed by atoms with Crippen LogP contribution in [0.3, 0.4) is 0 Å². The molecule has 84 valence electrons. The Bertz CT molecular complexity index is 566. The number of methoxy groups -OCH3 is 1. The summed E-state index contributed by atoms with van der Waals surface area (Å²) in [6.07, 6.45) is 1.50. The lowest BCUT2D eigenvalue weighted by molar-refractivity contribution is 0.405. The summed E-state index contributed by atoms with van der Waals surface area (Å²) < 4.78 is 5.24. The van der Waals surface area contributed by atoms with E-state index in [2.05, 4.69) is 16.3 Å². The molecule has 17 heavy (non-hydrogen) atoms. The van der Waals surface area contributed by atoms with Crippen molar-refractivity contribution in [2.45, 2.75) is 9.92 Å². The first-order valence-electron chi connectivity index (χ1n) is 4.88. The first-order valence-corrected chi connectivity index (χ1v) is 5.69. The van der Waals surface area contributed by atoms with Crippen molar-refractivity contribution in [1.29, 1.82) is 5.26 Å². The molecular weight excluding hydrogens is 234 g/mol. The quantitative estimate of drug-likeness (QED) is 0.829. The molecule has 0 aliphatic carbocycles. The van der Waals surface area contributed by atoms with E-state index < -0.39 is 0 Å². The van der Waals surface area contributed by atoms with E-state index in [1.54, 1.807) is 13.2 Å². The molecule has 0 aliphatic heterocycles. The van der Waals surface area contributed by atoms with Crippen molar-refractivity contribution in [3.8, 4) is 11.8 Å². The summed E-state index contributed by atoms with van der Waals surface area (Å²) in [6, 6.07) is 11.3. The van der Waals surface area contributed by atoms with Gasteiger partial charge in [0.2, 0.25) is 0 Å². The molecule has 0 unspecified atom stereocenters. The number of hydrogen-bond acceptors (Lipinski definition) is 5. The second-order valence-electron chi connectivity index (χ2n) is 3.11. The monoisotopic (exact) mass is 243 g/mol. The highest BCUT2D eigenvalue weighted by Gasteiger charge is 2.09. The normalized spacial score (nSPS) is 9.65. The molecule has 0 amide bonds. The smallest absolute Gasteiger partial charge is 0.141 e. The zero-order chi connectivity index (χ0) is 12.1. The average Bonchev–Trinajstić information content (AvgIpc) is 2.40. The third-order valence-corrected chi connectivity index (χ3v) is 3.14. The maximum Gasteiger partial charge on any atom is 0.141 e. The first-order chi connectivity index (χ1) is 8.35. The Morgan fingerprint density at radius 3 is 2.88 bits per heavy atom. The molecule has 0 saturated carbocycles. The van der Waals surface area contributed by atoms with Crippen molar-refractivity contribution < 1.29 is 4.74 Å². The number of nitriles is 1. The Labute approximate surface area is 103 Å². The van der Waals surface area contributed by atoms with Crippen LogP contribution in [0.1, 0.15) is 5.56 Å². The predicted octanol–water partition coefficient (Wildman–Crippen LogP) is 2.51. The summed E-state index contributed by atoms with van der Waals surface area (Å²) in [5, 5.41) is 17.3. The standard InChI is InChI=1S/C12H9N3OS/c1-16-10-4-2-3-5-11(10)17-12-9(8-13)6-7-14-15-12/h2-7H,1H3. The highest BCUT2D eigenvalue weighted by atomic mass is 32.2. The largest absolute Gasteiger partial charge is 0.496 e.